The second kappa shape index (κ2) is 10.6. The molecule has 1 aliphatic rings. The standard InChI is InChI=1S/C24H27BrF2N6O/c1-15-22(25)23(33(31-15)17-6-4-3-5-7-17)30-24(28)29-21-14-32(10-11-34-2)13-18(21)16-8-9-19(26)20(27)12-16/h3-9,12,18,21H,10-11,13-14H2,1-2H3,(H3,28,29,30). The third-order valence-electron chi connectivity index (χ3n) is 5.89. The number of methoxy groups -OCH3 is 1. The maximum Gasteiger partial charge on any atom is 0.194 e. The van der Waals surface area contributed by atoms with E-state index in [1.807, 2.05) is 37.3 Å². The molecule has 34 heavy (non-hydrogen) atoms. The minimum atomic E-state index is -0.868. The molecule has 10 heteroatoms. The Hall–Kier alpha value is -2.82. The number of aliphatic imine (C=N–C) groups is 1. The lowest BCUT2D eigenvalue weighted by Crippen LogP contribution is -2.29. The fourth-order valence-corrected chi connectivity index (χ4v) is 4.52. The number of hydrogen-bond donors (Lipinski definition) is 2. The Morgan fingerprint density at radius 3 is 2.68 bits per heavy atom. The first kappa shape index (κ1) is 24.3. The van der Waals surface area contributed by atoms with Gasteiger partial charge >= 0.3 is 0 Å². The number of rotatable bonds is 7. The minimum Gasteiger partial charge on any atom is -0.383 e. The first-order valence-corrected chi connectivity index (χ1v) is 11.7. The third kappa shape index (κ3) is 5.29. The molecule has 2 heterocycles. The largest absolute Gasteiger partial charge is 0.383 e. The van der Waals surface area contributed by atoms with Crippen molar-refractivity contribution >= 4 is 27.7 Å². The van der Waals surface area contributed by atoms with E-state index in [-0.39, 0.29) is 17.9 Å². The van der Waals surface area contributed by atoms with Crippen molar-refractivity contribution in [2.45, 2.75) is 18.9 Å². The van der Waals surface area contributed by atoms with Crippen molar-refractivity contribution in [3.63, 3.8) is 0 Å². The highest BCUT2D eigenvalue weighted by Crippen LogP contribution is 2.32. The van der Waals surface area contributed by atoms with Gasteiger partial charge in [-0.15, -0.1) is 0 Å². The van der Waals surface area contributed by atoms with Crippen molar-refractivity contribution in [2.24, 2.45) is 10.7 Å². The van der Waals surface area contributed by atoms with E-state index in [9.17, 15) is 8.78 Å². The summed E-state index contributed by atoms with van der Waals surface area (Å²) in [6.07, 6.45) is 0. The van der Waals surface area contributed by atoms with E-state index in [4.69, 9.17) is 15.5 Å². The molecule has 1 fully saturated rings. The second-order valence-corrected chi connectivity index (χ2v) is 9.03. The lowest BCUT2D eigenvalue weighted by molar-refractivity contribution is 0.160. The Balaban J connectivity index is 1.61. The molecule has 3 N–H and O–H groups in total. The van der Waals surface area contributed by atoms with Gasteiger partial charge in [-0.2, -0.15) is 5.10 Å². The number of anilines is 1. The molecule has 0 aliphatic carbocycles. The van der Waals surface area contributed by atoms with Crippen LogP contribution in [0.25, 0.3) is 5.69 Å². The summed E-state index contributed by atoms with van der Waals surface area (Å²) in [5.74, 6) is -1.01. The maximum atomic E-state index is 14.0. The van der Waals surface area contributed by atoms with Crippen molar-refractivity contribution in [3.05, 3.63) is 75.9 Å². The molecule has 3 aromatic rings. The summed E-state index contributed by atoms with van der Waals surface area (Å²) in [5.41, 5.74) is 8.71. The van der Waals surface area contributed by atoms with Crippen LogP contribution in [0.1, 0.15) is 17.2 Å². The van der Waals surface area contributed by atoms with Crippen LogP contribution in [0.4, 0.5) is 14.6 Å². The molecule has 4 rings (SSSR count). The molecule has 1 aromatic heterocycles. The summed E-state index contributed by atoms with van der Waals surface area (Å²) in [6, 6.07) is 13.5. The summed E-state index contributed by atoms with van der Waals surface area (Å²) in [5, 5.41) is 7.77. The summed E-state index contributed by atoms with van der Waals surface area (Å²) in [4.78, 5) is 6.93. The number of aryl methyl sites for hydroxylation is 1. The molecule has 7 nitrogen and oxygen atoms in total. The molecule has 2 unspecified atom stereocenters. The van der Waals surface area contributed by atoms with Crippen molar-refractivity contribution in [1.82, 2.24) is 14.7 Å². The number of nitrogens with two attached hydrogens (primary N) is 1. The summed E-state index contributed by atoms with van der Waals surface area (Å²) in [6.45, 7) is 4.43. The number of nitrogens with zero attached hydrogens (tertiary/aromatic N) is 4. The molecule has 180 valence electrons. The van der Waals surface area contributed by atoms with Gasteiger partial charge in [0.15, 0.2) is 23.4 Å². The van der Waals surface area contributed by atoms with Gasteiger partial charge in [0.1, 0.15) is 0 Å². The van der Waals surface area contributed by atoms with Crippen LogP contribution in [0, 0.1) is 18.6 Å². The normalized spacial score (nSPS) is 19.0. The van der Waals surface area contributed by atoms with Crippen LogP contribution in [0.3, 0.4) is 0 Å². The number of para-hydroxylation sites is 1. The van der Waals surface area contributed by atoms with E-state index in [0.717, 1.165) is 21.9 Å². The molecule has 0 amide bonds. The van der Waals surface area contributed by atoms with E-state index in [2.05, 4.69) is 31.2 Å². The monoisotopic (exact) mass is 532 g/mol. The summed E-state index contributed by atoms with van der Waals surface area (Å²) >= 11 is 3.59. The number of guanidine groups is 1. The Morgan fingerprint density at radius 1 is 1.21 bits per heavy atom. The average molecular weight is 533 g/mol. The van der Waals surface area contributed by atoms with Crippen LogP contribution < -0.4 is 11.1 Å². The molecule has 1 aliphatic heterocycles. The fourth-order valence-electron chi connectivity index (χ4n) is 4.17. The number of halogens is 3. The van der Waals surface area contributed by atoms with Crippen molar-refractivity contribution < 1.29 is 13.5 Å². The quantitative estimate of drug-likeness (QED) is 0.354. The zero-order valence-electron chi connectivity index (χ0n) is 19.0. The Labute approximate surface area is 205 Å². The van der Waals surface area contributed by atoms with E-state index in [1.165, 1.54) is 6.07 Å². The minimum absolute atomic E-state index is 0.142. The van der Waals surface area contributed by atoms with Crippen LogP contribution in [-0.4, -0.2) is 60.0 Å². The predicted octanol–water partition coefficient (Wildman–Crippen LogP) is 4.06. The fraction of sp³-hybridized carbons (Fsp3) is 0.333. The predicted molar refractivity (Wildman–Crippen MR) is 132 cm³/mol. The molecule has 0 saturated carbocycles. The SMILES string of the molecule is COCCN1CC(N=C(N)Nc2c(Br)c(C)nn2-c2ccccc2)C(c2ccc(F)c(F)c2)C1. The van der Waals surface area contributed by atoms with E-state index in [1.54, 1.807) is 17.9 Å². The van der Waals surface area contributed by atoms with Gasteiger partial charge in [0.05, 0.1) is 28.5 Å². The van der Waals surface area contributed by atoms with Crippen molar-refractivity contribution in [3.8, 4) is 5.69 Å². The van der Waals surface area contributed by atoms with Gasteiger partial charge in [-0.3, -0.25) is 4.90 Å². The number of likely N-dealkylation sites (tertiary alicyclic amines) is 1. The highest BCUT2D eigenvalue weighted by Gasteiger charge is 2.34. The summed E-state index contributed by atoms with van der Waals surface area (Å²) in [7, 11) is 1.65. The van der Waals surface area contributed by atoms with Crippen LogP contribution in [-0.2, 0) is 4.74 Å². The molecular weight excluding hydrogens is 506 g/mol. The van der Waals surface area contributed by atoms with Crippen LogP contribution in [0.5, 0.6) is 0 Å². The number of benzene rings is 2. The van der Waals surface area contributed by atoms with Crippen molar-refractivity contribution in [1.29, 1.82) is 0 Å². The molecule has 2 atom stereocenters. The van der Waals surface area contributed by atoms with Gasteiger partial charge < -0.3 is 15.8 Å². The maximum absolute atomic E-state index is 14.0. The van der Waals surface area contributed by atoms with Crippen LogP contribution >= 0.6 is 15.9 Å². The van der Waals surface area contributed by atoms with E-state index < -0.39 is 11.6 Å². The highest BCUT2D eigenvalue weighted by atomic mass is 79.9. The number of hydrogen-bond acceptors (Lipinski definition) is 4. The van der Waals surface area contributed by atoms with Gasteiger partial charge in [0.2, 0.25) is 0 Å². The number of nitrogens with one attached hydrogen (secondary N) is 1. The Kier molecular flexibility index (Phi) is 7.60. The average Bonchev–Trinajstić information content (AvgIpc) is 3.35. The van der Waals surface area contributed by atoms with E-state index in [0.29, 0.717) is 37.6 Å². The second-order valence-electron chi connectivity index (χ2n) is 8.23. The molecule has 0 spiro atoms. The lowest BCUT2D eigenvalue weighted by Gasteiger charge is -2.17. The van der Waals surface area contributed by atoms with Crippen LogP contribution in [0.2, 0.25) is 0 Å². The van der Waals surface area contributed by atoms with Gasteiger partial charge in [-0.1, -0.05) is 24.3 Å². The first-order valence-electron chi connectivity index (χ1n) is 10.9. The van der Waals surface area contributed by atoms with Gasteiger partial charge in [0, 0.05) is 32.7 Å². The van der Waals surface area contributed by atoms with Gasteiger partial charge in [0.25, 0.3) is 0 Å². The molecule has 0 radical (unpaired) electrons. The molecule has 1 saturated heterocycles. The Bertz CT molecular complexity index is 1170. The van der Waals surface area contributed by atoms with E-state index >= 15 is 0 Å². The lowest BCUT2D eigenvalue weighted by atomic mass is 9.94. The molecule has 0 bridgehead atoms. The zero-order chi connectivity index (χ0) is 24.2. The van der Waals surface area contributed by atoms with Crippen molar-refractivity contribution in [2.75, 3.05) is 38.7 Å². The number of aromatic nitrogens is 2. The topological polar surface area (TPSA) is 80.7 Å². The number of ether oxygens (including phenoxy) is 1. The van der Waals surface area contributed by atoms with Gasteiger partial charge in [-0.25, -0.2) is 18.5 Å². The Morgan fingerprint density at radius 2 is 1.97 bits per heavy atom. The zero-order valence-corrected chi connectivity index (χ0v) is 20.6. The third-order valence-corrected chi connectivity index (χ3v) is 6.84. The smallest absolute Gasteiger partial charge is 0.194 e. The van der Waals surface area contributed by atoms with Gasteiger partial charge in [-0.05, 0) is 52.7 Å². The highest BCUT2D eigenvalue weighted by molar-refractivity contribution is 9.10. The summed E-state index contributed by atoms with van der Waals surface area (Å²) < 4.78 is 35.2. The first-order chi connectivity index (χ1) is 16.4. The van der Waals surface area contributed by atoms with Crippen LogP contribution in [0.15, 0.2) is 58.0 Å². The molecular formula is C24H27BrF2N6O. The molecule has 2 aromatic carbocycles.